The molecule has 4 aliphatic heterocycles. The van der Waals surface area contributed by atoms with Crippen molar-refractivity contribution in [1.29, 1.82) is 0 Å². The molecule has 0 bridgehead atoms. The Morgan fingerprint density at radius 1 is 0.702 bits per heavy atom. The summed E-state index contributed by atoms with van der Waals surface area (Å²) in [4.78, 5) is 60.4. The number of cyclic esters (lactones) is 2. The second-order valence-corrected chi connectivity index (χ2v) is 14.6. The quantitative estimate of drug-likeness (QED) is 0.186. The van der Waals surface area contributed by atoms with Crippen LogP contribution in [0.3, 0.4) is 0 Å². The van der Waals surface area contributed by atoms with Crippen LogP contribution in [0.4, 0.5) is 0 Å². The number of hydrogen-bond acceptors (Lipinski definition) is 12. The third-order valence-electron chi connectivity index (χ3n) is 11.7. The van der Waals surface area contributed by atoms with Gasteiger partial charge in [0.1, 0.15) is 13.2 Å². The highest BCUT2D eigenvalue weighted by Crippen LogP contribution is 2.43. The maximum absolute atomic E-state index is 13.4. The SMILES string of the molecule is CC[C@@]1(O)C(=O)OCc2c1cc1n(c2=O)Cc2c-1nc1ccccc1c2C(OC)OC.CC[C@@]1(O)C(=O)OCc2c1cc1n(c2=O)Cc2cc3ccccc3nc2-1. The van der Waals surface area contributed by atoms with Gasteiger partial charge in [0, 0.05) is 52.8 Å². The average molecular weight is 771 g/mol. The van der Waals surface area contributed by atoms with Crippen LogP contribution >= 0.6 is 0 Å². The maximum atomic E-state index is 13.4. The molecule has 8 heterocycles. The molecule has 0 fully saturated rings. The molecule has 14 heteroatoms. The van der Waals surface area contributed by atoms with E-state index in [0.29, 0.717) is 45.9 Å². The number of carbonyl (C=O) groups excluding carboxylic acids is 2. The molecular weight excluding hydrogens is 732 g/mol. The Morgan fingerprint density at radius 3 is 1.82 bits per heavy atom. The predicted molar refractivity (Wildman–Crippen MR) is 206 cm³/mol. The Bertz CT molecular complexity index is 2840. The number of esters is 2. The fourth-order valence-electron chi connectivity index (χ4n) is 8.59. The molecule has 290 valence electrons. The zero-order chi connectivity index (χ0) is 40.0. The van der Waals surface area contributed by atoms with Crippen molar-refractivity contribution in [2.24, 2.45) is 0 Å². The summed E-state index contributed by atoms with van der Waals surface area (Å²) in [6, 6.07) is 20.9. The first kappa shape index (κ1) is 36.6. The van der Waals surface area contributed by atoms with Crippen LogP contribution in [-0.4, -0.2) is 55.5 Å². The number of rotatable bonds is 5. The number of carbonyl (C=O) groups is 2. The van der Waals surface area contributed by atoms with Gasteiger partial charge in [0.15, 0.2) is 17.5 Å². The number of methoxy groups -OCH3 is 2. The first-order valence-electron chi connectivity index (χ1n) is 18.7. The van der Waals surface area contributed by atoms with Crippen molar-refractivity contribution in [2.75, 3.05) is 14.2 Å². The molecule has 14 nitrogen and oxygen atoms in total. The minimum absolute atomic E-state index is 0.0976. The lowest BCUT2D eigenvalue weighted by molar-refractivity contribution is -0.172. The van der Waals surface area contributed by atoms with Crippen molar-refractivity contribution in [1.82, 2.24) is 19.1 Å². The maximum Gasteiger partial charge on any atom is 0.343 e. The molecule has 0 spiro atoms. The molecule has 2 atom stereocenters. The molecule has 4 aliphatic rings. The van der Waals surface area contributed by atoms with Crippen LogP contribution in [0.15, 0.2) is 76.3 Å². The number of para-hydroxylation sites is 2. The highest BCUT2D eigenvalue weighted by molar-refractivity contribution is 5.90. The highest BCUT2D eigenvalue weighted by atomic mass is 16.7. The number of fused-ring (bicyclic) bond motifs is 10. The Labute approximate surface area is 324 Å². The van der Waals surface area contributed by atoms with Crippen molar-refractivity contribution in [3.8, 4) is 22.8 Å². The second kappa shape index (κ2) is 13.3. The van der Waals surface area contributed by atoms with Gasteiger partial charge < -0.3 is 38.3 Å². The highest BCUT2D eigenvalue weighted by Gasteiger charge is 2.47. The van der Waals surface area contributed by atoms with Crippen LogP contribution in [0, 0.1) is 0 Å². The third kappa shape index (κ3) is 5.24. The summed E-state index contributed by atoms with van der Waals surface area (Å²) >= 11 is 0. The van der Waals surface area contributed by atoms with Gasteiger partial charge in [-0.05, 0) is 43.2 Å². The van der Waals surface area contributed by atoms with Crippen LogP contribution in [0.25, 0.3) is 44.6 Å². The van der Waals surface area contributed by atoms with Gasteiger partial charge in [0.2, 0.25) is 0 Å². The zero-order valence-corrected chi connectivity index (χ0v) is 31.6. The van der Waals surface area contributed by atoms with Crippen LogP contribution in [0.5, 0.6) is 0 Å². The van der Waals surface area contributed by atoms with Crippen molar-refractivity contribution in [3.63, 3.8) is 0 Å². The molecule has 0 radical (unpaired) electrons. The number of ether oxygens (including phenoxy) is 4. The number of nitrogens with zero attached hydrogens (tertiary/aromatic N) is 4. The van der Waals surface area contributed by atoms with Gasteiger partial charge in [0.25, 0.3) is 11.1 Å². The molecule has 57 heavy (non-hydrogen) atoms. The lowest BCUT2D eigenvalue weighted by Crippen LogP contribution is -2.44. The van der Waals surface area contributed by atoms with Gasteiger partial charge >= 0.3 is 11.9 Å². The van der Waals surface area contributed by atoms with Crippen LogP contribution in [0.2, 0.25) is 0 Å². The Kier molecular flexibility index (Phi) is 8.51. The average Bonchev–Trinajstić information content (AvgIpc) is 3.78. The minimum atomic E-state index is -1.85. The summed E-state index contributed by atoms with van der Waals surface area (Å²) in [5, 5.41) is 23.7. The fraction of sp³-hybridized carbons (Fsp3) is 0.302. The van der Waals surface area contributed by atoms with Gasteiger partial charge in [-0.2, -0.15) is 0 Å². The Balaban J connectivity index is 0.000000150. The Hall–Kier alpha value is -6.06. The van der Waals surface area contributed by atoms with Gasteiger partial charge in [-0.3, -0.25) is 9.59 Å². The van der Waals surface area contributed by atoms with Crippen LogP contribution in [-0.2, 0) is 66.0 Å². The van der Waals surface area contributed by atoms with Crippen molar-refractivity contribution in [2.45, 2.75) is 70.5 Å². The molecule has 0 saturated carbocycles. The molecule has 4 aromatic heterocycles. The summed E-state index contributed by atoms with van der Waals surface area (Å²) in [5.41, 5.74) is 3.78. The van der Waals surface area contributed by atoms with Gasteiger partial charge in [-0.1, -0.05) is 50.2 Å². The van der Waals surface area contributed by atoms with E-state index in [4.69, 9.17) is 28.9 Å². The fourth-order valence-corrected chi connectivity index (χ4v) is 8.59. The number of benzene rings is 2. The smallest absolute Gasteiger partial charge is 0.343 e. The minimum Gasteiger partial charge on any atom is -0.458 e. The molecule has 10 rings (SSSR count). The molecule has 0 unspecified atom stereocenters. The largest absolute Gasteiger partial charge is 0.458 e. The van der Waals surface area contributed by atoms with E-state index in [1.54, 1.807) is 49.3 Å². The summed E-state index contributed by atoms with van der Waals surface area (Å²) in [6.07, 6.45) is -0.404. The normalized spacial score (nSPS) is 19.8. The molecule has 0 amide bonds. The van der Waals surface area contributed by atoms with E-state index >= 15 is 0 Å². The summed E-state index contributed by atoms with van der Waals surface area (Å²) in [7, 11) is 3.13. The van der Waals surface area contributed by atoms with E-state index < -0.39 is 29.4 Å². The monoisotopic (exact) mass is 770 g/mol. The second-order valence-electron chi connectivity index (χ2n) is 14.6. The van der Waals surface area contributed by atoms with Crippen molar-refractivity contribution < 1.29 is 38.7 Å². The summed E-state index contributed by atoms with van der Waals surface area (Å²) in [5.74, 6) is -1.45. The standard InChI is InChI=1S/C23H22N2O6.C20H16N2O4/c1-4-23(28)15-9-17-19-13(10-25(17)20(26)14(15)11-31-22(23)27)18(21(29-2)30-3)12-7-5-6-8-16(12)24-19;1-2-20(25)14-8-16-17-12(7-11-5-3-4-6-15(11)21-17)9-22(16)18(23)13(14)10-26-19(20)24/h5-9,21,28H,4,10-11H2,1-3H3;3-8,25H,2,9-10H2,1H3/t23-;20-/m00/s1. The molecule has 0 saturated heterocycles. The zero-order valence-electron chi connectivity index (χ0n) is 31.6. The number of aromatic nitrogens is 4. The van der Waals surface area contributed by atoms with Crippen LogP contribution < -0.4 is 11.1 Å². The summed E-state index contributed by atoms with van der Waals surface area (Å²) in [6.45, 7) is 3.81. The van der Waals surface area contributed by atoms with Crippen molar-refractivity contribution in [3.05, 3.63) is 126 Å². The van der Waals surface area contributed by atoms with E-state index in [1.165, 1.54) is 0 Å². The molecule has 0 aliphatic carbocycles. The van der Waals surface area contributed by atoms with Gasteiger partial charge in [0.05, 0.1) is 58.0 Å². The molecular formula is C43H38N4O10. The lowest BCUT2D eigenvalue weighted by Gasteiger charge is -2.31. The van der Waals surface area contributed by atoms with E-state index in [1.807, 2.05) is 54.6 Å². The van der Waals surface area contributed by atoms with E-state index in [0.717, 1.165) is 44.2 Å². The molecule has 6 aromatic rings. The van der Waals surface area contributed by atoms with E-state index in [9.17, 15) is 29.4 Å². The first-order chi connectivity index (χ1) is 27.5. The van der Waals surface area contributed by atoms with Crippen molar-refractivity contribution >= 4 is 33.7 Å². The predicted octanol–water partition coefficient (Wildman–Crippen LogP) is 4.45. The van der Waals surface area contributed by atoms with Gasteiger partial charge in [-0.25, -0.2) is 19.6 Å². The topological polar surface area (TPSA) is 181 Å². The lowest BCUT2D eigenvalue weighted by atomic mass is 9.86. The summed E-state index contributed by atoms with van der Waals surface area (Å²) < 4.78 is 24.6. The Morgan fingerprint density at radius 2 is 1.23 bits per heavy atom. The van der Waals surface area contributed by atoms with Crippen LogP contribution in [0.1, 0.15) is 71.9 Å². The number of aliphatic hydroxyl groups is 2. The molecule has 2 aromatic carbocycles. The number of pyridine rings is 4. The van der Waals surface area contributed by atoms with Gasteiger partial charge in [-0.15, -0.1) is 0 Å². The molecule has 2 N–H and O–H groups in total. The van der Waals surface area contributed by atoms with E-state index in [2.05, 4.69) is 0 Å². The third-order valence-corrected chi connectivity index (χ3v) is 11.7. The van der Waals surface area contributed by atoms with E-state index in [-0.39, 0.29) is 43.7 Å². The first-order valence-corrected chi connectivity index (χ1v) is 18.7. The number of hydrogen-bond donors (Lipinski definition) is 2.